The summed E-state index contributed by atoms with van der Waals surface area (Å²) < 4.78 is 49.0. The number of aldehydes is 1. The molecule has 1 aromatic heterocycles. The first-order valence-corrected chi connectivity index (χ1v) is 15.0. The first kappa shape index (κ1) is 30.9. The molecule has 3 aliphatic rings. The van der Waals surface area contributed by atoms with Gasteiger partial charge in [-0.05, 0) is 49.7 Å². The van der Waals surface area contributed by atoms with E-state index in [0.717, 1.165) is 0 Å². The van der Waals surface area contributed by atoms with Crippen molar-refractivity contribution < 1.29 is 37.4 Å². The molecule has 6 atom stereocenters. The normalized spacial score (nSPS) is 29.7. The van der Waals surface area contributed by atoms with Gasteiger partial charge in [-0.1, -0.05) is 34.1 Å². The van der Waals surface area contributed by atoms with E-state index in [1.807, 2.05) is 6.92 Å². The van der Waals surface area contributed by atoms with E-state index in [9.17, 15) is 14.4 Å². The molecule has 2 aromatic rings. The molecule has 1 N–H and O–H groups in total. The summed E-state index contributed by atoms with van der Waals surface area (Å²) in [4.78, 5) is 49.1. The number of carbonyl (C=O) groups is 3. The molecule has 2 amide bonds. The lowest BCUT2D eigenvalue weighted by molar-refractivity contribution is -0.139. The second kappa shape index (κ2) is 11.8. The van der Waals surface area contributed by atoms with Crippen molar-refractivity contribution in [3.63, 3.8) is 0 Å². The molecule has 43 heavy (non-hydrogen) atoms. The average Bonchev–Trinajstić information content (AvgIpc) is 3.60. The van der Waals surface area contributed by atoms with Crippen LogP contribution >= 0.6 is 0 Å². The van der Waals surface area contributed by atoms with E-state index in [-0.39, 0.29) is 36.4 Å². The number of hydrogen-bond donors (Lipinski definition) is 1. The minimum absolute atomic E-state index is 0.0683. The van der Waals surface area contributed by atoms with Crippen LogP contribution in [0.5, 0.6) is 11.6 Å². The van der Waals surface area contributed by atoms with E-state index < -0.39 is 59.6 Å². The van der Waals surface area contributed by atoms with Crippen molar-refractivity contribution in [2.24, 2.45) is 17.3 Å². The van der Waals surface area contributed by atoms with Crippen LogP contribution in [-0.2, 0) is 20.2 Å². The molecule has 5 rings (SSSR count). The molecule has 2 fully saturated rings. The molecule has 12 heteroatoms. The molecule has 1 aromatic carbocycles. The highest BCUT2D eigenvalue weighted by molar-refractivity contribution is 5.89. The maximum atomic E-state index is 15.8. The summed E-state index contributed by atoms with van der Waals surface area (Å²) in [5.74, 6) is -4.12. The van der Waals surface area contributed by atoms with E-state index >= 15 is 8.78 Å². The van der Waals surface area contributed by atoms with Gasteiger partial charge in [0.25, 0.3) is 5.92 Å². The monoisotopic (exact) mass is 602 g/mol. The number of rotatable bonds is 3. The maximum Gasteiger partial charge on any atom is 0.408 e. The number of carbonyl (C=O) groups excluding carboxylic acids is 3. The van der Waals surface area contributed by atoms with Crippen molar-refractivity contribution >= 4 is 29.3 Å². The minimum atomic E-state index is -3.35. The predicted octanol–water partition coefficient (Wildman–Crippen LogP) is 5.02. The fourth-order valence-corrected chi connectivity index (χ4v) is 5.95. The number of alkyl carbamates (subject to hydrolysis) is 1. The van der Waals surface area contributed by atoms with Crippen LogP contribution in [0.2, 0.25) is 0 Å². The predicted molar refractivity (Wildman–Crippen MR) is 153 cm³/mol. The lowest BCUT2D eigenvalue weighted by Crippen LogP contribution is -2.56. The Morgan fingerprint density at radius 3 is 2.60 bits per heavy atom. The number of alkyl halides is 2. The van der Waals surface area contributed by atoms with Gasteiger partial charge < -0.3 is 29.2 Å². The Morgan fingerprint density at radius 1 is 1.14 bits per heavy atom. The van der Waals surface area contributed by atoms with Gasteiger partial charge in [0.05, 0.1) is 30.2 Å². The highest BCUT2D eigenvalue weighted by atomic mass is 19.3. The number of nitrogens with one attached hydrogen (secondary N) is 1. The van der Waals surface area contributed by atoms with Gasteiger partial charge in [0, 0.05) is 18.4 Å². The Labute approximate surface area is 249 Å². The van der Waals surface area contributed by atoms with Crippen LogP contribution in [0.4, 0.5) is 13.6 Å². The number of aromatic nitrogens is 2. The zero-order valence-electron chi connectivity index (χ0n) is 25.3. The molecule has 1 aliphatic carbocycles. The van der Waals surface area contributed by atoms with Crippen molar-refractivity contribution in [2.45, 2.75) is 96.9 Å². The largest absolute Gasteiger partial charge is 0.494 e. The van der Waals surface area contributed by atoms with Gasteiger partial charge in [-0.15, -0.1) is 0 Å². The summed E-state index contributed by atoms with van der Waals surface area (Å²) in [5.41, 5.74) is -0.690. The first-order valence-electron chi connectivity index (χ1n) is 15.0. The molecule has 234 valence electrons. The van der Waals surface area contributed by atoms with E-state index in [1.165, 1.54) is 4.90 Å². The van der Waals surface area contributed by atoms with Gasteiger partial charge in [-0.25, -0.2) is 14.8 Å². The smallest absolute Gasteiger partial charge is 0.408 e. The molecule has 0 spiro atoms. The minimum Gasteiger partial charge on any atom is -0.494 e. The molecule has 3 heterocycles. The Balaban J connectivity index is 1.55. The lowest BCUT2D eigenvalue weighted by Gasteiger charge is -2.34. The molecule has 1 saturated carbocycles. The van der Waals surface area contributed by atoms with Crippen LogP contribution in [-0.4, -0.2) is 70.6 Å². The van der Waals surface area contributed by atoms with E-state index in [4.69, 9.17) is 14.2 Å². The van der Waals surface area contributed by atoms with Gasteiger partial charge >= 0.3 is 6.09 Å². The van der Waals surface area contributed by atoms with Crippen LogP contribution in [0, 0.1) is 17.3 Å². The van der Waals surface area contributed by atoms with E-state index in [2.05, 4.69) is 15.3 Å². The number of benzene rings is 1. The molecular weight excluding hydrogens is 562 g/mol. The fraction of sp³-hybridized carbons (Fsp3) is 0.645. The van der Waals surface area contributed by atoms with Crippen molar-refractivity contribution in [1.82, 2.24) is 20.2 Å². The lowest BCUT2D eigenvalue weighted by atomic mass is 9.85. The summed E-state index contributed by atoms with van der Waals surface area (Å²) in [7, 11) is 0. The Kier molecular flexibility index (Phi) is 8.50. The Bertz CT molecular complexity index is 1380. The van der Waals surface area contributed by atoms with E-state index in [1.54, 1.807) is 45.9 Å². The van der Waals surface area contributed by atoms with Gasteiger partial charge in [0.15, 0.2) is 5.69 Å². The number of amides is 2. The van der Waals surface area contributed by atoms with Gasteiger partial charge in [-0.2, -0.15) is 8.78 Å². The summed E-state index contributed by atoms with van der Waals surface area (Å²) >= 11 is 0. The van der Waals surface area contributed by atoms with Crippen LogP contribution < -0.4 is 14.8 Å². The summed E-state index contributed by atoms with van der Waals surface area (Å²) in [6.45, 7) is 9.32. The molecular formula is C31H40F2N4O6. The number of ether oxygens (including phenoxy) is 3. The van der Waals surface area contributed by atoms with Gasteiger partial charge in [0.2, 0.25) is 11.8 Å². The van der Waals surface area contributed by atoms with Crippen LogP contribution in [0.25, 0.3) is 11.0 Å². The highest BCUT2D eigenvalue weighted by Gasteiger charge is 2.49. The molecule has 10 nitrogen and oxygen atoms in total. The summed E-state index contributed by atoms with van der Waals surface area (Å²) in [6.07, 6.45) is 0.355. The van der Waals surface area contributed by atoms with Gasteiger partial charge in [0.1, 0.15) is 30.3 Å². The topological polar surface area (TPSA) is 120 Å². The molecule has 2 aliphatic heterocycles. The van der Waals surface area contributed by atoms with Crippen LogP contribution in [0.15, 0.2) is 18.2 Å². The third kappa shape index (κ3) is 6.52. The number of halogens is 2. The summed E-state index contributed by atoms with van der Waals surface area (Å²) in [5, 5.41) is 2.73. The Morgan fingerprint density at radius 2 is 1.91 bits per heavy atom. The molecule has 2 bridgehead atoms. The molecule has 0 radical (unpaired) electrons. The first-order chi connectivity index (χ1) is 20.3. The Hall–Kier alpha value is -3.57. The fourth-order valence-electron chi connectivity index (χ4n) is 5.95. The standard InChI is InChI=1S/C31H40F2N4O6/c1-6-41-19-10-11-20-21(14-19)35-27-25(34-20)31(32,33)12-8-7-9-18-13-23(18)43-29(40)36-26(30(3,4)5)28(39)37-15-24(42-27)17(2)22(37)16-38/h10-11,14,16-18,22-24,26H,6-9,12-13,15H2,1-5H3,(H,36,40)/t17-,18+,22+,23+,24-,26+/m0/s1. The third-order valence-electron chi connectivity index (χ3n) is 8.62. The second-order valence-corrected chi connectivity index (χ2v) is 12.9. The van der Waals surface area contributed by atoms with Crippen LogP contribution in [0.1, 0.15) is 72.4 Å². The quantitative estimate of drug-likeness (QED) is 0.487. The van der Waals surface area contributed by atoms with Crippen molar-refractivity contribution in [1.29, 1.82) is 0 Å². The van der Waals surface area contributed by atoms with Crippen molar-refractivity contribution in [3.8, 4) is 11.6 Å². The zero-order valence-corrected chi connectivity index (χ0v) is 25.3. The number of hydrogen-bond acceptors (Lipinski definition) is 8. The van der Waals surface area contributed by atoms with Crippen molar-refractivity contribution in [2.75, 3.05) is 13.2 Å². The zero-order chi connectivity index (χ0) is 31.1. The van der Waals surface area contributed by atoms with Crippen LogP contribution in [0.3, 0.4) is 0 Å². The highest BCUT2D eigenvalue weighted by Crippen LogP contribution is 2.42. The SMILES string of the molecule is CCOc1ccc2nc3c(nc2c1)O[C@H]1CN(C(=O)[C@H](C(C)(C)C)NC(=O)O[C@@H]2C[C@H]2CCCCC3(F)F)[C@H](C=O)[C@@H]1C. The second-order valence-electron chi connectivity index (χ2n) is 12.9. The summed E-state index contributed by atoms with van der Waals surface area (Å²) in [6, 6.07) is 2.96. The molecule has 0 unspecified atom stereocenters. The number of nitrogens with zero attached hydrogens (tertiary/aromatic N) is 3. The third-order valence-corrected chi connectivity index (χ3v) is 8.62. The van der Waals surface area contributed by atoms with E-state index in [0.29, 0.717) is 43.4 Å². The average molecular weight is 603 g/mol. The maximum absolute atomic E-state index is 15.8. The van der Waals surface area contributed by atoms with Crippen molar-refractivity contribution in [3.05, 3.63) is 23.9 Å². The molecule has 1 saturated heterocycles. The van der Waals surface area contributed by atoms with Gasteiger partial charge in [-0.3, -0.25) is 4.79 Å². The number of fused-ring (bicyclic) bond motifs is 5.